The number of Topliss-reactive ketones (excluding diaryl/α,β-unsaturated/α-hetero) is 1. The Morgan fingerprint density at radius 2 is 1.91 bits per heavy atom. The largest absolute Gasteiger partial charge is 0.416 e. The number of hydrogen-bond donors (Lipinski definition) is 1. The van der Waals surface area contributed by atoms with E-state index in [1.807, 2.05) is 6.92 Å². The molecule has 1 aliphatic carbocycles. The van der Waals surface area contributed by atoms with Gasteiger partial charge in [0.25, 0.3) is 0 Å². The lowest BCUT2D eigenvalue weighted by molar-refractivity contribution is -0.137. The Balaban J connectivity index is 1.58. The number of alkyl halides is 3. The second-order valence-corrected chi connectivity index (χ2v) is 9.18. The topological polar surface area (TPSA) is 59.8 Å². The number of benzene rings is 1. The summed E-state index contributed by atoms with van der Waals surface area (Å²) in [6, 6.07) is 7.75. The first kappa shape index (κ1) is 21.8. The number of halogens is 4. The van der Waals surface area contributed by atoms with Crippen molar-refractivity contribution in [3.63, 3.8) is 0 Å². The lowest BCUT2D eigenvalue weighted by Gasteiger charge is -2.53. The first-order valence-corrected chi connectivity index (χ1v) is 10.7. The normalized spacial score (nSPS) is 24.8. The number of carbonyl (C=O) groups is 1. The zero-order valence-corrected chi connectivity index (χ0v) is 17.9. The van der Waals surface area contributed by atoms with Crippen molar-refractivity contribution < 1.29 is 22.4 Å². The zero-order valence-electron chi connectivity index (χ0n) is 17.9. The van der Waals surface area contributed by atoms with Gasteiger partial charge in [-0.3, -0.25) is 9.78 Å². The van der Waals surface area contributed by atoms with Crippen LogP contribution in [0, 0.1) is 16.6 Å². The Labute approximate surface area is 187 Å². The molecule has 1 N–H and O–H groups in total. The molecule has 0 saturated carbocycles. The number of hydrogen-bond acceptors (Lipinski definition) is 4. The Hall–Kier alpha value is -3.07. The number of piperidine rings is 1. The van der Waals surface area contributed by atoms with Gasteiger partial charge >= 0.3 is 6.18 Å². The number of carbonyl (C=O) groups excluding carboxylic acids is 1. The van der Waals surface area contributed by atoms with Crippen LogP contribution in [0.25, 0.3) is 5.69 Å². The Morgan fingerprint density at radius 3 is 2.64 bits per heavy atom. The molecule has 1 aliphatic heterocycles. The van der Waals surface area contributed by atoms with Crippen molar-refractivity contribution in [2.75, 3.05) is 13.1 Å². The highest BCUT2D eigenvalue weighted by Gasteiger charge is 2.58. The molecular weight excluding hydrogens is 436 g/mol. The van der Waals surface area contributed by atoms with Crippen LogP contribution in [0.3, 0.4) is 0 Å². The fraction of sp³-hybridized carbons (Fsp3) is 0.375. The van der Waals surface area contributed by atoms with Gasteiger partial charge in [-0.25, -0.2) is 9.07 Å². The van der Waals surface area contributed by atoms with E-state index in [9.17, 15) is 22.4 Å². The highest BCUT2D eigenvalue weighted by Crippen LogP contribution is 2.54. The van der Waals surface area contributed by atoms with Crippen LogP contribution in [0.4, 0.5) is 17.6 Å². The van der Waals surface area contributed by atoms with Crippen LogP contribution in [0.1, 0.15) is 40.7 Å². The molecule has 2 aromatic heterocycles. The predicted octanol–water partition coefficient (Wildman–Crippen LogP) is 4.39. The number of fused-ring (bicyclic) bond motifs is 2. The molecule has 9 heteroatoms. The Morgan fingerprint density at radius 1 is 1.15 bits per heavy atom. The second-order valence-electron chi connectivity index (χ2n) is 9.18. The van der Waals surface area contributed by atoms with Gasteiger partial charge in [0.1, 0.15) is 11.5 Å². The van der Waals surface area contributed by atoms with Gasteiger partial charge in [0.2, 0.25) is 0 Å². The lowest BCUT2D eigenvalue weighted by Crippen LogP contribution is -2.61. The van der Waals surface area contributed by atoms with Gasteiger partial charge in [-0.2, -0.15) is 18.3 Å². The highest BCUT2D eigenvalue weighted by molar-refractivity contribution is 6.00. The van der Waals surface area contributed by atoms with Crippen LogP contribution in [0.2, 0.25) is 0 Å². The second kappa shape index (κ2) is 7.48. The van der Waals surface area contributed by atoms with E-state index in [2.05, 4.69) is 15.4 Å². The fourth-order valence-electron chi connectivity index (χ4n) is 5.31. The van der Waals surface area contributed by atoms with E-state index in [4.69, 9.17) is 0 Å². The summed E-state index contributed by atoms with van der Waals surface area (Å²) in [7, 11) is 0. The molecular formula is C24H22F4N4O. The fourth-order valence-corrected chi connectivity index (χ4v) is 5.31. The molecule has 1 unspecified atom stereocenters. The molecule has 3 aromatic rings. The maximum atomic E-state index is 13.8. The summed E-state index contributed by atoms with van der Waals surface area (Å²) in [5.74, 6) is -0.730. The third kappa shape index (κ3) is 3.45. The molecule has 2 atom stereocenters. The zero-order chi connectivity index (χ0) is 23.4. The minimum absolute atomic E-state index is 0.172. The van der Waals surface area contributed by atoms with Crippen LogP contribution in [-0.4, -0.2) is 33.6 Å². The van der Waals surface area contributed by atoms with Crippen molar-refractivity contribution in [3.8, 4) is 5.69 Å². The molecule has 0 spiro atoms. The number of nitrogens with zero attached hydrogens (tertiary/aromatic N) is 3. The number of nitrogens with one attached hydrogen (secondary N) is 1. The smallest absolute Gasteiger partial charge is 0.316 e. The van der Waals surface area contributed by atoms with Gasteiger partial charge in [0.05, 0.1) is 22.9 Å². The number of pyridine rings is 1. The lowest BCUT2D eigenvalue weighted by atomic mass is 9.51. The molecule has 5 nitrogen and oxygen atoms in total. The first-order chi connectivity index (χ1) is 15.6. The number of rotatable bonds is 3. The molecule has 33 heavy (non-hydrogen) atoms. The van der Waals surface area contributed by atoms with Gasteiger partial charge in [-0.05, 0) is 73.2 Å². The van der Waals surface area contributed by atoms with Crippen molar-refractivity contribution in [3.05, 3.63) is 77.1 Å². The van der Waals surface area contributed by atoms with E-state index in [1.54, 1.807) is 23.0 Å². The first-order valence-electron chi connectivity index (χ1n) is 10.7. The standard InChI is InChI=1S/C24H22F4N4O/c1-22-7-9-29-14-23(22,21(33)19-10-16(6-8-30-19)24(26,27)28)11-15-13-31-32(20(15)12-22)18-4-2-17(25)3-5-18/h2-6,8,10,13,29H,7,9,11-12,14H2,1H3/t22?,23-/m1/s1. The molecule has 0 bridgehead atoms. The Kier molecular flexibility index (Phi) is 4.93. The van der Waals surface area contributed by atoms with E-state index in [-0.39, 0.29) is 17.3 Å². The van der Waals surface area contributed by atoms with E-state index in [0.29, 0.717) is 38.0 Å². The molecule has 5 rings (SSSR count). The number of aromatic nitrogens is 3. The average Bonchev–Trinajstić information content (AvgIpc) is 3.18. The predicted molar refractivity (Wildman–Crippen MR) is 113 cm³/mol. The maximum absolute atomic E-state index is 13.8. The summed E-state index contributed by atoms with van der Waals surface area (Å²) in [6.45, 7) is 3.06. The van der Waals surface area contributed by atoms with Gasteiger partial charge < -0.3 is 5.32 Å². The summed E-state index contributed by atoms with van der Waals surface area (Å²) in [6.07, 6.45) is -0.288. The quantitative estimate of drug-likeness (QED) is 0.467. The summed E-state index contributed by atoms with van der Waals surface area (Å²) < 4.78 is 55.0. The van der Waals surface area contributed by atoms with Gasteiger partial charge in [0, 0.05) is 18.4 Å². The van der Waals surface area contributed by atoms with Crippen molar-refractivity contribution >= 4 is 5.78 Å². The maximum Gasteiger partial charge on any atom is 0.416 e. The summed E-state index contributed by atoms with van der Waals surface area (Å²) in [5, 5.41) is 7.78. The molecule has 0 radical (unpaired) electrons. The molecule has 0 amide bonds. The third-order valence-corrected chi connectivity index (χ3v) is 7.27. The van der Waals surface area contributed by atoms with Gasteiger partial charge in [-0.15, -0.1) is 0 Å². The molecule has 3 heterocycles. The van der Waals surface area contributed by atoms with E-state index >= 15 is 0 Å². The monoisotopic (exact) mass is 458 g/mol. The average molecular weight is 458 g/mol. The van der Waals surface area contributed by atoms with Crippen molar-refractivity contribution in [2.45, 2.75) is 32.4 Å². The molecule has 1 aromatic carbocycles. The van der Waals surface area contributed by atoms with Crippen LogP contribution in [0.5, 0.6) is 0 Å². The summed E-state index contributed by atoms with van der Waals surface area (Å²) >= 11 is 0. The molecule has 2 aliphatic rings. The minimum atomic E-state index is -4.56. The van der Waals surface area contributed by atoms with Crippen LogP contribution >= 0.6 is 0 Å². The van der Waals surface area contributed by atoms with Crippen molar-refractivity contribution in [2.24, 2.45) is 10.8 Å². The van der Waals surface area contributed by atoms with Crippen LogP contribution in [-0.2, 0) is 19.0 Å². The van der Waals surface area contributed by atoms with Crippen LogP contribution < -0.4 is 5.32 Å². The van der Waals surface area contributed by atoms with E-state index < -0.39 is 22.6 Å². The highest BCUT2D eigenvalue weighted by atomic mass is 19.4. The Bertz CT molecular complexity index is 1220. The SMILES string of the molecule is CC12CCNC[C@@]1(C(=O)c1cc(C(F)(F)F)ccn1)Cc1cnn(-c3ccc(F)cc3)c1C2. The van der Waals surface area contributed by atoms with E-state index in [1.165, 1.54) is 12.1 Å². The van der Waals surface area contributed by atoms with Gasteiger partial charge in [0.15, 0.2) is 5.78 Å². The van der Waals surface area contributed by atoms with Gasteiger partial charge in [-0.1, -0.05) is 6.92 Å². The molecule has 1 saturated heterocycles. The minimum Gasteiger partial charge on any atom is -0.316 e. The summed E-state index contributed by atoms with van der Waals surface area (Å²) in [5.41, 5.74) is -0.0133. The summed E-state index contributed by atoms with van der Waals surface area (Å²) in [4.78, 5) is 17.9. The van der Waals surface area contributed by atoms with Crippen molar-refractivity contribution in [1.82, 2.24) is 20.1 Å². The molecule has 1 fully saturated rings. The molecule has 172 valence electrons. The van der Waals surface area contributed by atoms with Crippen molar-refractivity contribution in [1.29, 1.82) is 0 Å². The third-order valence-electron chi connectivity index (χ3n) is 7.27. The number of ketones is 1. The van der Waals surface area contributed by atoms with Crippen LogP contribution in [0.15, 0.2) is 48.8 Å². The van der Waals surface area contributed by atoms with E-state index in [0.717, 1.165) is 29.6 Å².